The van der Waals surface area contributed by atoms with Gasteiger partial charge in [-0.15, -0.1) is 0 Å². The molecule has 3 heterocycles. The molecule has 23 heavy (non-hydrogen) atoms. The minimum atomic E-state index is -0.139. The van der Waals surface area contributed by atoms with Crippen molar-refractivity contribution in [2.75, 3.05) is 40.4 Å². The van der Waals surface area contributed by atoms with E-state index < -0.39 is 0 Å². The van der Waals surface area contributed by atoms with Crippen LogP contribution in [0.15, 0.2) is 24.4 Å². The van der Waals surface area contributed by atoms with Gasteiger partial charge in [-0.3, -0.25) is 4.98 Å². The summed E-state index contributed by atoms with van der Waals surface area (Å²) in [5.41, 5.74) is 0.816. The van der Waals surface area contributed by atoms with Crippen LogP contribution in [0, 0.1) is 5.92 Å². The third-order valence-corrected chi connectivity index (χ3v) is 4.76. The van der Waals surface area contributed by atoms with Gasteiger partial charge in [0, 0.05) is 33.5 Å². The van der Waals surface area contributed by atoms with Gasteiger partial charge in [0.05, 0.1) is 25.4 Å². The van der Waals surface area contributed by atoms with Crippen LogP contribution in [0.1, 0.15) is 18.5 Å². The molecule has 6 heteroatoms. The van der Waals surface area contributed by atoms with Crippen molar-refractivity contribution in [1.82, 2.24) is 14.8 Å². The maximum absolute atomic E-state index is 12.0. The van der Waals surface area contributed by atoms with E-state index in [9.17, 15) is 4.79 Å². The highest BCUT2D eigenvalue weighted by molar-refractivity contribution is 5.75. The molecule has 2 amide bonds. The van der Waals surface area contributed by atoms with E-state index in [0.29, 0.717) is 32.2 Å². The fourth-order valence-corrected chi connectivity index (χ4v) is 3.45. The lowest BCUT2D eigenvalue weighted by Crippen LogP contribution is -2.67. The lowest BCUT2D eigenvalue weighted by Gasteiger charge is -2.50. The van der Waals surface area contributed by atoms with Crippen molar-refractivity contribution in [3.05, 3.63) is 30.1 Å². The molecular weight excluding hydrogens is 294 g/mol. The number of urea groups is 1. The molecule has 1 atom stereocenters. The van der Waals surface area contributed by atoms with Gasteiger partial charge in [-0.05, 0) is 30.9 Å². The Balaban J connectivity index is 1.43. The molecule has 2 saturated heterocycles. The summed E-state index contributed by atoms with van der Waals surface area (Å²) in [5.74, 6) is 0.470. The van der Waals surface area contributed by atoms with Gasteiger partial charge in [-0.2, -0.15) is 0 Å². The molecule has 2 aliphatic heterocycles. The van der Waals surface area contributed by atoms with Crippen LogP contribution in [0.4, 0.5) is 4.79 Å². The van der Waals surface area contributed by atoms with E-state index in [1.807, 2.05) is 23.1 Å². The van der Waals surface area contributed by atoms with Crippen molar-refractivity contribution in [3.8, 4) is 0 Å². The number of rotatable bonds is 5. The zero-order chi connectivity index (χ0) is 16.3. The zero-order valence-electron chi connectivity index (χ0n) is 13.9. The Kier molecular flexibility index (Phi) is 4.82. The predicted molar refractivity (Wildman–Crippen MR) is 86.0 cm³/mol. The minimum absolute atomic E-state index is 0.0660. The predicted octanol–water partition coefficient (Wildman–Crippen LogP) is 1.76. The van der Waals surface area contributed by atoms with Crippen molar-refractivity contribution >= 4 is 6.03 Å². The van der Waals surface area contributed by atoms with Crippen LogP contribution in [-0.4, -0.2) is 66.8 Å². The molecule has 0 aliphatic carbocycles. The Bertz CT molecular complexity index is 529. The topological polar surface area (TPSA) is 54.9 Å². The van der Waals surface area contributed by atoms with E-state index in [0.717, 1.165) is 25.1 Å². The minimum Gasteiger partial charge on any atom is -0.375 e. The van der Waals surface area contributed by atoms with E-state index in [4.69, 9.17) is 9.47 Å². The highest BCUT2D eigenvalue weighted by Gasteiger charge is 2.54. The molecule has 1 aromatic rings. The van der Waals surface area contributed by atoms with E-state index in [1.54, 1.807) is 25.2 Å². The van der Waals surface area contributed by atoms with Gasteiger partial charge in [0.25, 0.3) is 0 Å². The van der Waals surface area contributed by atoms with Crippen molar-refractivity contribution in [2.24, 2.45) is 5.92 Å². The van der Waals surface area contributed by atoms with E-state index in [-0.39, 0.29) is 11.6 Å². The first-order valence-electron chi connectivity index (χ1n) is 8.18. The van der Waals surface area contributed by atoms with Crippen LogP contribution >= 0.6 is 0 Å². The van der Waals surface area contributed by atoms with Gasteiger partial charge in [0.15, 0.2) is 0 Å². The Morgan fingerprint density at radius 2 is 2.30 bits per heavy atom. The summed E-state index contributed by atoms with van der Waals surface area (Å²) < 4.78 is 11.7. The first kappa shape index (κ1) is 16.2. The molecule has 0 N–H and O–H groups in total. The molecule has 126 valence electrons. The van der Waals surface area contributed by atoms with Gasteiger partial charge in [0.1, 0.15) is 5.60 Å². The number of carbonyl (C=O) groups excluding carboxylic acids is 1. The van der Waals surface area contributed by atoms with Crippen LogP contribution in [0.25, 0.3) is 0 Å². The lowest BCUT2D eigenvalue weighted by molar-refractivity contribution is -0.120. The Morgan fingerprint density at radius 1 is 1.48 bits per heavy atom. The summed E-state index contributed by atoms with van der Waals surface area (Å²) in [4.78, 5) is 19.7. The lowest BCUT2D eigenvalue weighted by atomic mass is 9.79. The summed E-state index contributed by atoms with van der Waals surface area (Å²) in [6.45, 7) is 3.44. The molecule has 6 nitrogen and oxygen atoms in total. The molecule has 0 bridgehead atoms. The van der Waals surface area contributed by atoms with Gasteiger partial charge in [-0.1, -0.05) is 6.07 Å². The van der Waals surface area contributed by atoms with Crippen LogP contribution in [0.5, 0.6) is 0 Å². The van der Waals surface area contributed by atoms with Crippen LogP contribution < -0.4 is 0 Å². The highest BCUT2D eigenvalue weighted by Crippen LogP contribution is 2.41. The van der Waals surface area contributed by atoms with Crippen LogP contribution in [-0.2, 0) is 16.1 Å². The first-order valence-corrected chi connectivity index (χ1v) is 8.18. The number of hydrogen-bond donors (Lipinski definition) is 0. The second-order valence-corrected chi connectivity index (χ2v) is 6.59. The maximum atomic E-state index is 12.0. The first-order chi connectivity index (χ1) is 11.1. The van der Waals surface area contributed by atoms with Crippen molar-refractivity contribution in [2.45, 2.75) is 25.0 Å². The van der Waals surface area contributed by atoms with Crippen LogP contribution in [0.3, 0.4) is 0 Å². The third kappa shape index (κ3) is 3.48. The molecule has 0 radical (unpaired) electrons. The van der Waals surface area contributed by atoms with Gasteiger partial charge in [0.2, 0.25) is 0 Å². The van der Waals surface area contributed by atoms with E-state index >= 15 is 0 Å². The van der Waals surface area contributed by atoms with Gasteiger partial charge < -0.3 is 19.3 Å². The number of hydrogen-bond acceptors (Lipinski definition) is 4. The molecule has 0 saturated carbocycles. The molecule has 1 unspecified atom stereocenters. The number of carbonyl (C=O) groups is 1. The average Bonchev–Trinajstić information content (AvgIpc) is 2.94. The maximum Gasteiger partial charge on any atom is 0.319 e. The molecule has 0 aromatic carbocycles. The van der Waals surface area contributed by atoms with Crippen molar-refractivity contribution in [1.29, 1.82) is 0 Å². The summed E-state index contributed by atoms with van der Waals surface area (Å²) >= 11 is 0. The fourth-order valence-electron chi connectivity index (χ4n) is 3.45. The summed E-state index contributed by atoms with van der Waals surface area (Å²) in [7, 11) is 3.57. The molecule has 1 aromatic heterocycles. The number of amides is 2. The average molecular weight is 319 g/mol. The Labute approximate surface area is 137 Å². The normalized spacial score (nSPS) is 22.2. The third-order valence-electron chi connectivity index (χ3n) is 4.76. The number of nitrogens with zero attached hydrogens (tertiary/aromatic N) is 3. The second kappa shape index (κ2) is 6.84. The molecular formula is C17H25N3O3. The Morgan fingerprint density at radius 3 is 3.00 bits per heavy atom. The van der Waals surface area contributed by atoms with Gasteiger partial charge in [-0.25, -0.2) is 4.79 Å². The molecule has 2 fully saturated rings. The largest absolute Gasteiger partial charge is 0.375 e. The number of aromatic nitrogens is 1. The highest BCUT2D eigenvalue weighted by atomic mass is 16.5. The van der Waals surface area contributed by atoms with E-state index in [2.05, 4.69) is 4.98 Å². The summed E-state index contributed by atoms with van der Waals surface area (Å²) in [6, 6.07) is 5.91. The van der Waals surface area contributed by atoms with E-state index in [1.165, 1.54) is 0 Å². The van der Waals surface area contributed by atoms with Crippen molar-refractivity contribution in [3.63, 3.8) is 0 Å². The Hall–Kier alpha value is -1.66. The fraction of sp³-hybridized carbons (Fsp3) is 0.647. The standard InChI is InChI=1S/C17H25N3O3/c1-19(2)16(21)20-12-17(13-20)14(7-10-23-17)6-9-22-11-15-5-3-4-8-18-15/h3-5,8,14H,6-7,9-13H2,1-2H3. The molecule has 1 spiro atoms. The SMILES string of the molecule is CN(C)C(=O)N1CC2(C1)OCCC2CCOCc1ccccn1. The number of pyridine rings is 1. The number of likely N-dealkylation sites (tertiary alicyclic amines) is 1. The summed E-state index contributed by atoms with van der Waals surface area (Å²) in [5, 5.41) is 0. The molecule has 2 aliphatic rings. The zero-order valence-corrected chi connectivity index (χ0v) is 13.9. The quantitative estimate of drug-likeness (QED) is 0.776. The number of ether oxygens (including phenoxy) is 2. The van der Waals surface area contributed by atoms with Crippen molar-refractivity contribution < 1.29 is 14.3 Å². The molecule has 3 rings (SSSR count). The van der Waals surface area contributed by atoms with Crippen LogP contribution in [0.2, 0.25) is 0 Å². The van der Waals surface area contributed by atoms with Gasteiger partial charge >= 0.3 is 6.03 Å². The second-order valence-electron chi connectivity index (χ2n) is 6.59. The summed E-state index contributed by atoms with van der Waals surface area (Å²) in [6.07, 6.45) is 3.80. The smallest absolute Gasteiger partial charge is 0.319 e. The monoisotopic (exact) mass is 319 g/mol.